The molecule has 0 N–H and O–H groups in total. The lowest BCUT2D eigenvalue weighted by atomic mass is 10.1. The van der Waals surface area contributed by atoms with Crippen LogP contribution in [0.3, 0.4) is 0 Å². The van der Waals surface area contributed by atoms with Crippen LogP contribution in [-0.2, 0) is 6.54 Å². The summed E-state index contributed by atoms with van der Waals surface area (Å²) in [7, 11) is 1.64. The second kappa shape index (κ2) is 8.10. The van der Waals surface area contributed by atoms with Gasteiger partial charge in [0.15, 0.2) is 0 Å². The van der Waals surface area contributed by atoms with E-state index in [2.05, 4.69) is 9.88 Å². The van der Waals surface area contributed by atoms with Crippen LogP contribution in [0.1, 0.15) is 18.4 Å². The zero-order chi connectivity index (χ0) is 18.7. The summed E-state index contributed by atoms with van der Waals surface area (Å²) in [6.45, 7) is 4.39. The molecule has 1 saturated heterocycles. The SMILES string of the molecule is CCN(CC1CCN(Cc2nc3ccc(OC)cc3s2)C1)CC(F)(F)F. The number of ether oxygens (including phenoxy) is 1. The molecule has 0 saturated carbocycles. The number of likely N-dealkylation sites (tertiary alicyclic amines) is 1. The molecule has 0 amide bonds. The molecule has 1 fully saturated rings. The fraction of sp³-hybridized carbons (Fsp3) is 0.611. The predicted octanol–water partition coefficient (Wildman–Crippen LogP) is 4.01. The van der Waals surface area contributed by atoms with E-state index in [-0.39, 0.29) is 5.92 Å². The summed E-state index contributed by atoms with van der Waals surface area (Å²) in [5.74, 6) is 1.10. The number of rotatable bonds is 7. The first kappa shape index (κ1) is 19.4. The first-order valence-electron chi connectivity index (χ1n) is 8.81. The van der Waals surface area contributed by atoms with Gasteiger partial charge in [0.05, 0.1) is 30.4 Å². The summed E-state index contributed by atoms with van der Waals surface area (Å²) in [6, 6.07) is 5.84. The zero-order valence-electron chi connectivity index (χ0n) is 15.1. The molecule has 0 radical (unpaired) electrons. The summed E-state index contributed by atoms with van der Waals surface area (Å²) in [4.78, 5) is 8.46. The molecule has 26 heavy (non-hydrogen) atoms. The maximum Gasteiger partial charge on any atom is 0.401 e. The third-order valence-electron chi connectivity index (χ3n) is 4.74. The van der Waals surface area contributed by atoms with E-state index in [1.54, 1.807) is 25.4 Å². The number of aromatic nitrogens is 1. The Balaban J connectivity index is 1.55. The lowest BCUT2D eigenvalue weighted by molar-refractivity contribution is -0.146. The van der Waals surface area contributed by atoms with Gasteiger partial charge in [-0.3, -0.25) is 9.80 Å². The third kappa shape index (κ3) is 5.08. The topological polar surface area (TPSA) is 28.6 Å². The van der Waals surface area contributed by atoms with E-state index in [1.165, 1.54) is 4.90 Å². The van der Waals surface area contributed by atoms with Crippen LogP contribution in [-0.4, -0.2) is 60.8 Å². The Labute approximate surface area is 155 Å². The summed E-state index contributed by atoms with van der Waals surface area (Å²) in [5, 5.41) is 1.04. The fourth-order valence-corrected chi connectivity index (χ4v) is 4.51. The smallest absolute Gasteiger partial charge is 0.401 e. The molecule has 144 valence electrons. The minimum Gasteiger partial charge on any atom is -0.497 e. The van der Waals surface area contributed by atoms with E-state index in [9.17, 15) is 13.2 Å². The van der Waals surface area contributed by atoms with E-state index in [4.69, 9.17) is 4.74 Å². The van der Waals surface area contributed by atoms with Crippen molar-refractivity contribution in [3.05, 3.63) is 23.2 Å². The standard InChI is InChI=1S/C18H24F3N3OS/c1-3-23(12-18(19,20)21)9-13-6-7-24(10-13)11-17-22-15-5-4-14(25-2)8-16(15)26-17/h4-5,8,13H,3,6-7,9-12H2,1-2H3. The van der Waals surface area contributed by atoms with Crippen molar-refractivity contribution in [3.8, 4) is 5.75 Å². The Kier molecular flexibility index (Phi) is 6.04. The van der Waals surface area contributed by atoms with Crippen molar-refractivity contribution in [2.45, 2.75) is 26.1 Å². The van der Waals surface area contributed by atoms with Crippen LogP contribution in [0.15, 0.2) is 18.2 Å². The van der Waals surface area contributed by atoms with Gasteiger partial charge < -0.3 is 4.74 Å². The molecule has 0 spiro atoms. The van der Waals surface area contributed by atoms with Crippen molar-refractivity contribution >= 4 is 21.6 Å². The number of fused-ring (bicyclic) bond motifs is 1. The van der Waals surface area contributed by atoms with Crippen LogP contribution >= 0.6 is 11.3 Å². The van der Waals surface area contributed by atoms with Crippen LogP contribution in [0.2, 0.25) is 0 Å². The largest absolute Gasteiger partial charge is 0.497 e. The Morgan fingerprint density at radius 3 is 2.88 bits per heavy atom. The van der Waals surface area contributed by atoms with E-state index in [0.29, 0.717) is 13.1 Å². The van der Waals surface area contributed by atoms with Crippen molar-refractivity contribution in [2.75, 3.05) is 39.8 Å². The number of thiazole rings is 1. The number of benzene rings is 1. The molecule has 3 rings (SSSR count). The maximum atomic E-state index is 12.6. The Morgan fingerprint density at radius 2 is 2.19 bits per heavy atom. The molecule has 2 aromatic rings. The van der Waals surface area contributed by atoms with Gasteiger partial charge in [-0.2, -0.15) is 13.2 Å². The Hall–Kier alpha value is -1.38. The first-order chi connectivity index (χ1) is 12.4. The molecule has 0 aliphatic carbocycles. The van der Waals surface area contributed by atoms with Gasteiger partial charge in [0.2, 0.25) is 0 Å². The third-order valence-corrected chi connectivity index (χ3v) is 5.74. The highest BCUT2D eigenvalue weighted by atomic mass is 32.1. The van der Waals surface area contributed by atoms with Crippen molar-refractivity contribution in [3.63, 3.8) is 0 Å². The van der Waals surface area contributed by atoms with Crippen LogP contribution in [0.5, 0.6) is 5.75 Å². The van der Waals surface area contributed by atoms with Gasteiger partial charge in [0.25, 0.3) is 0 Å². The van der Waals surface area contributed by atoms with Crippen molar-refractivity contribution in [2.24, 2.45) is 5.92 Å². The Bertz CT molecular complexity index is 734. The second-order valence-corrected chi connectivity index (χ2v) is 7.89. The number of halogens is 3. The minimum absolute atomic E-state index is 0.284. The maximum absolute atomic E-state index is 12.6. The molecular weight excluding hydrogens is 363 g/mol. The monoisotopic (exact) mass is 387 g/mol. The van der Waals surface area contributed by atoms with Gasteiger partial charge in [-0.05, 0) is 43.6 Å². The fourth-order valence-electron chi connectivity index (χ4n) is 3.47. The summed E-state index contributed by atoms with van der Waals surface area (Å²) in [6.07, 6.45) is -3.19. The minimum atomic E-state index is -4.13. The average molecular weight is 387 g/mol. The number of nitrogens with zero attached hydrogens (tertiary/aromatic N) is 3. The number of hydrogen-bond acceptors (Lipinski definition) is 5. The van der Waals surface area contributed by atoms with Crippen LogP contribution in [0.25, 0.3) is 10.2 Å². The number of alkyl halides is 3. The van der Waals surface area contributed by atoms with Crippen LogP contribution in [0.4, 0.5) is 13.2 Å². The molecule has 1 unspecified atom stereocenters. The van der Waals surface area contributed by atoms with Crippen LogP contribution in [0, 0.1) is 5.92 Å². The van der Waals surface area contributed by atoms with Gasteiger partial charge in [0, 0.05) is 13.1 Å². The molecule has 1 aliphatic rings. The molecule has 8 heteroatoms. The van der Waals surface area contributed by atoms with E-state index in [0.717, 1.165) is 47.0 Å². The highest BCUT2D eigenvalue weighted by molar-refractivity contribution is 7.18. The van der Waals surface area contributed by atoms with Crippen molar-refractivity contribution in [1.29, 1.82) is 0 Å². The van der Waals surface area contributed by atoms with Gasteiger partial charge >= 0.3 is 6.18 Å². The quantitative estimate of drug-likeness (QED) is 0.718. The van der Waals surface area contributed by atoms with E-state index < -0.39 is 12.7 Å². The highest BCUT2D eigenvalue weighted by Crippen LogP contribution is 2.28. The molecular formula is C18H24F3N3OS. The second-order valence-electron chi connectivity index (χ2n) is 6.77. The molecule has 2 heterocycles. The number of methoxy groups -OCH3 is 1. The predicted molar refractivity (Wildman–Crippen MR) is 97.7 cm³/mol. The van der Waals surface area contributed by atoms with Gasteiger partial charge in [-0.25, -0.2) is 4.98 Å². The lowest BCUT2D eigenvalue weighted by Crippen LogP contribution is -2.38. The van der Waals surface area contributed by atoms with Gasteiger partial charge in [-0.15, -0.1) is 11.3 Å². The summed E-state index contributed by atoms with van der Waals surface area (Å²) >= 11 is 1.65. The highest BCUT2D eigenvalue weighted by Gasteiger charge is 2.32. The molecule has 0 bridgehead atoms. The van der Waals surface area contributed by atoms with E-state index in [1.807, 2.05) is 18.2 Å². The zero-order valence-corrected chi connectivity index (χ0v) is 15.9. The molecule has 1 atom stereocenters. The molecule has 1 aromatic heterocycles. The van der Waals surface area contributed by atoms with Gasteiger partial charge in [-0.1, -0.05) is 6.92 Å². The summed E-state index contributed by atoms with van der Waals surface area (Å²) < 4.78 is 44.2. The van der Waals surface area contributed by atoms with Gasteiger partial charge in [0.1, 0.15) is 10.8 Å². The first-order valence-corrected chi connectivity index (χ1v) is 9.63. The lowest BCUT2D eigenvalue weighted by Gasteiger charge is -2.25. The molecule has 4 nitrogen and oxygen atoms in total. The summed E-state index contributed by atoms with van der Waals surface area (Å²) in [5.41, 5.74) is 0.962. The van der Waals surface area contributed by atoms with Crippen molar-refractivity contribution < 1.29 is 17.9 Å². The van der Waals surface area contributed by atoms with Crippen LogP contribution < -0.4 is 4.74 Å². The number of hydrogen-bond donors (Lipinski definition) is 0. The normalized spacial score (nSPS) is 18.9. The van der Waals surface area contributed by atoms with E-state index >= 15 is 0 Å². The average Bonchev–Trinajstić information content (AvgIpc) is 3.18. The molecule has 1 aliphatic heterocycles. The molecule has 1 aromatic carbocycles. The van der Waals surface area contributed by atoms with Crippen molar-refractivity contribution in [1.82, 2.24) is 14.8 Å². The Morgan fingerprint density at radius 1 is 1.38 bits per heavy atom.